The minimum atomic E-state index is -1.22. The lowest BCUT2D eigenvalue weighted by Gasteiger charge is -2.35. The second kappa shape index (κ2) is 12.2. The molecule has 1 saturated heterocycles. The molecular formula is C31H39N7O3SSi. The van der Waals surface area contributed by atoms with Crippen LogP contribution in [0.1, 0.15) is 18.0 Å². The summed E-state index contributed by atoms with van der Waals surface area (Å²) in [4.78, 5) is 31.8. The molecule has 1 N–H and O–H groups in total. The summed E-state index contributed by atoms with van der Waals surface area (Å²) in [6.45, 7) is 12.7. The average Bonchev–Trinajstić information content (AvgIpc) is 3.71. The molecule has 1 fully saturated rings. The first-order valence-corrected chi connectivity index (χ1v) is 19.3. The molecule has 1 unspecified atom stereocenters. The van der Waals surface area contributed by atoms with Gasteiger partial charge in [-0.2, -0.15) is 0 Å². The third-order valence-corrected chi connectivity index (χ3v) is 10.8. The molecule has 1 aromatic carbocycles. The van der Waals surface area contributed by atoms with E-state index in [2.05, 4.69) is 40.2 Å². The van der Waals surface area contributed by atoms with Crippen molar-refractivity contribution >= 4 is 52.4 Å². The number of piperazine rings is 1. The van der Waals surface area contributed by atoms with Crippen molar-refractivity contribution < 1.29 is 14.6 Å². The van der Waals surface area contributed by atoms with Crippen molar-refractivity contribution in [2.75, 3.05) is 37.7 Å². The monoisotopic (exact) mass is 617 g/mol. The molecule has 1 aliphatic heterocycles. The van der Waals surface area contributed by atoms with Crippen LogP contribution in [-0.4, -0.2) is 80.9 Å². The van der Waals surface area contributed by atoms with Crippen LogP contribution in [0, 0.1) is 0 Å². The lowest BCUT2D eigenvalue weighted by atomic mass is 10.3. The standard InChI is InChI=1S/C31H39N7O3SSi/c1-22(39)30-34-27(29-33-24-9-5-6-10-25(24)38(29)21-41-18-19-43(2,3)4)31(42-30)36-16-14-35(15-17-36)26(40)20-37-13-11-23-8-7-12-32-28(23)37/h5-13,22,39H,14-21H2,1-4H3. The van der Waals surface area contributed by atoms with Gasteiger partial charge in [0.2, 0.25) is 5.91 Å². The Bertz CT molecular complexity index is 1730. The number of aromatic nitrogens is 5. The zero-order valence-corrected chi connectivity index (χ0v) is 27.0. The number of hydrogen-bond donors (Lipinski definition) is 1. The molecule has 6 rings (SSSR count). The first-order chi connectivity index (χ1) is 20.7. The van der Waals surface area contributed by atoms with Crippen LogP contribution in [0.15, 0.2) is 54.9 Å². The highest BCUT2D eigenvalue weighted by molar-refractivity contribution is 7.16. The fourth-order valence-electron chi connectivity index (χ4n) is 5.34. The molecule has 43 heavy (non-hydrogen) atoms. The number of aliphatic hydroxyl groups excluding tert-OH is 1. The van der Waals surface area contributed by atoms with Crippen LogP contribution < -0.4 is 4.90 Å². The number of benzene rings is 1. The number of nitrogens with zero attached hydrogens (tertiary/aromatic N) is 7. The molecule has 1 aliphatic rings. The molecule has 5 heterocycles. The molecule has 0 bridgehead atoms. The maximum Gasteiger partial charge on any atom is 0.242 e. The number of aliphatic hydroxyl groups is 1. The number of para-hydroxylation sites is 2. The molecule has 10 nitrogen and oxygen atoms in total. The molecule has 0 spiro atoms. The first-order valence-electron chi connectivity index (χ1n) is 14.8. The van der Waals surface area contributed by atoms with Crippen molar-refractivity contribution in [2.24, 2.45) is 0 Å². The Morgan fingerprint density at radius 1 is 1.07 bits per heavy atom. The second-order valence-electron chi connectivity index (χ2n) is 12.3. The van der Waals surface area contributed by atoms with Crippen LogP contribution in [0.25, 0.3) is 33.6 Å². The van der Waals surface area contributed by atoms with Gasteiger partial charge in [-0.25, -0.2) is 15.0 Å². The van der Waals surface area contributed by atoms with Gasteiger partial charge in [0, 0.05) is 58.6 Å². The van der Waals surface area contributed by atoms with E-state index in [4.69, 9.17) is 14.7 Å². The minimum absolute atomic E-state index is 0.0780. The number of ether oxygens (including phenoxy) is 1. The fourth-order valence-corrected chi connectivity index (χ4v) is 7.15. The van der Waals surface area contributed by atoms with Crippen molar-refractivity contribution in [3.63, 3.8) is 0 Å². The topological polar surface area (TPSA) is 102 Å². The maximum atomic E-state index is 13.3. The number of hydrogen-bond acceptors (Lipinski definition) is 8. The molecule has 4 aromatic heterocycles. The van der Waals surface area contributed by atoms with Gasteiger partial charge in [-0.3, -0.25) is 9.36 Å². The van der Waals surface area contributed by atoms with Crippen LogP contribution in [0.4, 0.5) is 5.00 Å². The minimum Gasteiger partial charge on any atom is -0.386 e. The van der Waals surface area contributed by atoms with E-state index in [1.807, 2.05) is 52.1 Å². The number of rotatable bonds is 10. The Kier molecular flexibility index (Phi) is 8.36. The Hall–Kier alpha value is -3.58. The number of fused-ring (bicyclic) bond motifs is 2. The number of anilines is 1. The van der Waals surface area contributed by atoms with E-state index in [1.54, 1.807) is 13.1 Å². The Labute approximate surface area is 256 Å². The predicted octanol–water partition coefficient (Wildman–Crippen LogP) is 5.22. The van der Waals surface area contributed by atoms with Crippen molar-refractivity contribution in [1.82, 2.24) is 29.0 Å². The molecule has 5 aromatic rings. The number of imidazole rings is 1. The molecule has 226 valence electrons. The molecule has 12 heteroatoms. The summed E-state index contributed by atoms with van der Waals surface area (Å²) >= 11 is 1.49. The van der Waals surface area contributed by atoms with E-state index in [0.29, 0.717) is 44.5 Å². The number of amides is 1. The van der Waals surface area contributed by atoms with Crippen LogP contribution >= 0.6 is 11.3 Å². The zero-order chi connectivity index (χ0) is 30.1. The third-order valence-electron chi connectivity index (χ3n) is 7.81. The summed E-state index contributed by atoms with van der Waals surface area (Å²) < 4.78 is 10.2. The van der Waals surface area contributed by atoms with Crippen molar-refractivity contribution in [1.29, 1.82) is 0 Å². The molecule has 1 amide bonds. The van der Waals surface area contributed by atoms with Crippen molar-refractivity contribution in [2.45, 2.75) is 52.0 Å². The van der Waals surface area contributed by atoms with E-state index < -0.39 is 14.2 Å². The van der Waals surface area contributed by atoms with E-state index >= 15 is 0 Å². The number of carbonyl (C=O) groups is 1. The lowest BCUT2D eigenvalue weighted by Crippen LogP contribution is -2.49. The van der Waals surface area contributed by atoms with Gasteiger partial charge in [-0.1, -0.05) is 43.1 Å². The zero-order valence-electron chi connectivity index (χ0n) is 25.2. The highest BCUT2D eigenvalue weighted by Crippen LogP contribution is 2.39. The molecular weight excluding hydrogens is 579 g/mol. The number of carbonyl (C=O) groups excluding carboxylic acids is 1. The Morgan fingerprint density at radius 3 is 2.63 bits per heavy atom. The number of thiazole rings is 1. The highest BCUT2D eigenvalue weighted by atomic mass is 32.1. The second-order valence-corrected chi connectivity index (χ2v) is 18.9. The maximum absolute atomic E-state index is 13.3. The molecule has 0 aliphatic carbocycles. The van der Waals surface area contributed by atoms with E-state index in [9.17, 15) is 9.90 Å². The van der Waals surface area contributed by atoms with Crippen LogP contribution in [0.5, 0.6) is 0 Å². The normalized spacial score (nSPS) is 15.1. The molecule has 0 radical (unpaired) electrons. The summed E-state index contributed by atoms with van der Waals surface area (Å²) in [7, 11) is -1.22. The van der Waals surface area contributed by atoms with Gasteiger partial charge in [-0.15, -0.1) is 0 Å². The summed E-state index contributed by atoms with van der Waals surface area (Å²) in [5, 5.41) is 13.1. The Morgan fingerprint density at radius 2 is 1.86 bits per heavy atom. The van der Waals surface area contributed by atoms with Crippen LogP contribution in [0.3, 0.4) is 0 Å². The largest absolute Gasteiger partial charge is 0.386 e. The highest BCUT2D eigenvalue weighted by Gasteiger charge is 2.29. The van der Waals surface area contributed by atoms with E-state index in [1.165, 1.54) is 11.3 Å². The summed E-state index contributed by atoms with van der Waals surface area (Å²) in [6.07, 6.45) is 2.98. The predicted molar refractivity (Wildman–Crippen MR) is 174 cm³/mol. The van der Waals surface area contributed by atoms with Crippen LogP contribution in [-0.2, 0) is 22.8 Å². The fraction of sp³-hybridized carbons (Fsp3) is 0.419. The van der Waals surface area contributed by atoms with E-state index in [-0.39, 0.29) is 12.5 Å². The van der Waals surface area contributed by atoms with Gasteiger partial charge >= 0.3 is 0 Å². The SMILES string of the molecule is CC(O)c1nc(-c2nc3ccccc3n2COCC[Si](C)(C)C)c(N2CCN(C(=O)Cn3ccc4cccnc43)CC2)s1. The summed E-state index contributed by atoms with van der Waals surface area (Å²) in [5.74, 6) is 0.812. The van der Waals surface area contributed by atoms with Crippen molar-refractivity contribution in [3.8, 4) is 11.5 Å². The van der Waals surface area contributed by atoms with Crippen molar-refractivity contribution in [3.05, 3.63) is 59.9 Å². The molecule has 0 saturated carbocycles. The number of pyridine rings is 1. The molecule has 1 atom stereocenters. The van der Waals surface area contributed by atoms with Gasteiger partial charge in [0.05, 0.1) is 11.0 Å². The van der Waals surface area contributed by atoms with Gasteiger partial charge in [-0.05, 0) is 43.3 Å². The van der Waals surface area contributed by atoms with Gasteiger partial charge in [0.25, 0.3) is 0 Å². The Balaban J connectivity index is 1.23. The quantitative estimate of drug-likeness (QED) is 0.169. The first kappa shape index (κ1) is 29.5. The van der Waals surface area contributed by atoms with Gasteiger partial charge in [0.15, 0.2) is 5.82 Å². The summed E-state index contributed by atoms with van der Waals surface area (Å²) in [6, 6.07) is 15.0. The average molecular weight is 618 g/mol. The van der Waals surface area contributed by atoms with Crippen LogP contribution in [0.2, 0.25) is 25.7 Å². The third kappa shape index (κ3) is 6.37. The lowest BCUT2D eigenvalue weighted by molar-refractivity contribution is -0.132. The smallest absolute Gasteiger partial charge is 0.242 e. The van der Waals surface area contributed by atoms with E-state index in [0.717, 1.165) is 44.6 Å². The van der Waals surface area contributed by atoms with Gasteiger partial charge in [0.1, 0.15) is 40.7 Å². The summed E-state index contributed by atoms with van der Waals surface area (Å²) in [5.41, 5.74) is 3.44. The van der Waals surface area contributed by atoms with Gasteiger partial charge < -0.3 is 24.2 Å².